The number of anilines is 1. The lowest BCUT2D eigenvalue weighted by atomic mass is 10.2. The highest BCUT2D eigenvalue weighted by Gasteiger charge is 2.20. The van der Waals surface area contributed by atoms with Crippen molar-refractivity contribution in [3.05, 3.63) is 11.1 Å². The fourth-order valence-electron chi connectivity index (χ4n) is 2.46. The lowest BCUT2D eigenvalue weighted by Crippen LogP contribution is -2.32. The third kappa shape index (κ3) is 4.17. The summed E-state index contributed by atoms with van der Waals surface area (Å²) < 4.78 is 5.74. The molecule has 1 saturated heterocycles. The molecule has 2 heterocycles. The monoisotopic (exact) mass is 297 g/mol. The van der Waals surface area contributed by atoms with Crippen LogP contribution in [0.3, 0.4) is 0 Å². The summed E-state index contributed by atoms with van der Waals surface area (Å²) in [5.74, 6) is 0. The van der Waals surface area contributed by atoms with Crippen LogP contribution >= 0.6 is 11.3 Å². The molecule has 0 aliphatic carbocycles. The summed E-state index contributed by atoms with van der Waals surface area (Å²) in [6.07, 6.45) is 3.92. The van der Waals surface area contributed by atoms with Crippen molar-refractivity contribution in [1.29, 1.82) is 0 Å². The van der Waals surface area contributed by atoms with E-state index in [2.05, 4.69) is 36.4 Å². The van der Waals surface area contributed by atoms with Crippen molar-refractivity contribution in [1.82, 2.24) is 10.3 Å². The number of rotatable bonds is 8. The second-order valence-electron chi connectivity index (χ2n) is 5.40. The van der Waals surface area contributed by atoms with Gasteiger partial charge in [-0.3, -0.25) is 0 Å². The second-order valence-corrected chi connectivity index (χ2v) is 6.24. The zero-order valence-corrected chi connectivity index (χ0v) is 13.7. The molecule has 2 unspecified atom stereocenters. The summed E-state index contributed by atoms with van der Waals surface area (Å²) in [7, 11) is 0. The van der Waals surface area contributed by atoms with Crippen LogP contribution in [0.4, 0.5) is 5.13 Å². The summed E-state index contributed by atoms with van der Waals surface area (Å²) in [4.78, 5) is 7.15. The van der Waals surface area contributed by atoms with Crippen LogP contribution in [0.2, 0.25) is 0 Å². The Morgan fingerprint density at radius 3 is 3.05 bits per heavy atom. The Morgan fingerprint density at radius 1 is 1.55 bits per heavy atom. The molecular weight excluding hydrogens is 270 g/mol. The Kier molecular flexibility index (Phi) is 6.26. The molecule has 0 radical (unpaired) electrons. The van der Waals surface area contributed by atoms with Gasteiger partial charge in [-0.1, -0.05) is 6.92 Å². The van der Waals surface area contributed by atoms with Crippen LogP contribution < -0.4 is 10.2 Å². The van der Waals surface area contributed by atoms with Crippen molar-refractivity contribution in [2.45, 2.75) is 52.2 Å². The molecule has 1 N–H and O–H groups in total. The third-order valence-corrected chi connectivity index (χ3v) is 4.67. The highest BCUT2D eigenvalue weighted by molar-refractivity contribution is 7.13. The molecule has 0 aromatic carbocycles. The number of nitrogens with zero attached hydrogens (tertiary/aromatic N) is 2. The summed E-state index contributed by atoms with van der Waals surface area (Å²) in [6, 6.07) is 0.335. The first-order chi connectivity index (χ1) is 9.74. The van der Waals surface area contributed by atoms with E-state index < -0.39 is 0 Å². The average molecular weight is 297 g/mol. The largest absolute Gasteiger partial charge is 0.376 e. The number of hydrogen-bond acceptors (Lipinski definition) is 5. The molecule has 2 atom stereocenters. The summed E-state index contributed by atoms with van der Waals surface area (Å²) in [5.41, 5.74) is 1.16. The van der Waals surface area contributed by atoms with Crippen molar-refractivity contribution in [3.8, 4) is 0 Å². The average Bonchev–Trinajstić information content (AvgIpc) is 3.13. The van der Waals surface area contributed by atoms with Gasteiger partial charge in [0.25, 0.3) is 0 Å². The van der Waals surface area contributed by atoms with Crippen molar-refractivity contribution >= 4 is 16.5 Å². The number of likely N-dealkylation sites (N-methyl/N-ethyl adjacent to an activating group) is 1. The van der Waals surface area contributed by atoms with Gasteiger partial charge in [0.05, 0.1) is 11.8 Å². The van der Waals surface area contributed by atoms with E-state index in [4.69, 9.17) is 9.72 Å². The topological polar surface area (TPSA) is 37.4 Å². The SMILES string of the molecule is CCCNC(C)c1csc(N(CC)CC2CCCO2)n1. The molecule has 4 nitrogen and oxygen atoms in total. The molecule has 1 fully saturated rings. The molecule has 0 amide bonds. The van der Waals surface area contributed by atoms with E-state index in [1.54, 1.807) is 11.3 Å². The Bertz CT molecular complexity index is 390. The first-order valence-corrected chi connectivity index (χ1v) is 8.67. The van der Waals surface area contributed by atoms with E-state index in [0.29, 0.717) is 12.1 Å². The predicted molar refractivity (Wildman–Crippen MR) is 85.7 cm³/mol. The second kappa shape index (κ2) is 7.96. The van der Waals surface area contributed by atoms with Crippen LogP contribution in [0.15, 0.2) is 5.38 Å². The lowest BCUT2D eigenvalue weighted by molar-refractivity contribution is 0.115. The molecule has 0 bridgehead atoms. The smallest absolute Gasteiger partial charge is 0.185 e. The predicted octanol–water partition coefficient (Wildman–Crippen LogP) is 3.21. The number of hydrogen-bond donors (Lipinski definition) is 1. The highest BCUT2D eigenvalue weighted by atomic mass is 32.1. The van der Waals surface area contributed by atoms with Crippen LogP contribution in [0.25, 0.3) is 0 Å². The third-order valence-electron chi connectivity index (χ3n) is 3.75. The Morgan fingerprint density at radius 2 is 2.40 bits per heavy atom. The fourth-order valence-corrected chi connectivity index (χ4v) is 3.46. The van der Waals surface area contributed by atoms with E-state index in [1.165, 1.54) is 12.8 Å². The lowest BCUT2D eigenvalue weighted by Gasteiger charge is -2.23. The molecule has 20 heavy (non-hydrogen) atoms. The van der Waals surface area contributed by atoms with Gasteiger partial charge < -0.3 is 15.0 Å². The summed E-state index contributed by atoms with van der Waals surface area (Å²) >= 11 is 1.75. The standard InChI is InChI=1S/C15H27N3OS/c1-4-8-16-12(3)14-11-20-15(17-14)18(5-2)10-13-7-6-9-19-13/h11-13,16H,4-10H2,1-3H3. The maximum Gasteiger partial charge on any atom is 0.185 e. The fraction of sp³-hybridized carbons (Fsp3) is 0.800. The molecule has 2 rings (SSSR count). The van der Waals surface area contributed by atoms with E-state index in [9.17, 15) is 0 Å². The maximum atomic E-state index is 5.74. The quantitative estimate of drug-likeness (QED) is 0.799. The number of ether oxygens (including phenoxy) is 1. The van der Waals surface area contributed by atoms with Crippen molar-refractivity contribution < 1.29 is 4.74 Å². The molecule has 0 spiro atoms. The summed E-state index contributed by atoms with van der Waals surface area (Å²) in [6.45, 7) is 10.5. The Hall–Kier alpha value is -0.650. The van der Waals surface area contributed by atoms with E-state index in [1.807, 2.05) is 0 Å². The van der Waals surface area contributed by atoms with Gasteiger partial charge in [0, 0.05) is 31.1 Å². The minimum absolute atomic E-state index is 0.335. The van der Waals surface area contributed by atoms with Crippen LogP contribution in [-0.2, 0) is 4.74 Å². The van der Waals surface area contributed by atoms with Gasteiger partial charge >= 0.3 is 0 Å². The van der Waals surface area contributed by atoms with Gasteiger partial charge in [-0.05, 0) is 39.7 Å². The number of aromatic nitrogens is 1. The Labute approximate surface area is 126 Å². The van der Waals surface area contributed by atoms with E-state index in [0.717, 1.165) is 43.5 Å². The molecular formula is C15H27N3OS. The van der Waals surface area contributed by atoms with E-state index >= 15 is 0 Å². The minimum Gasteiger partial charge on any atom is -0.376 e. The zero-order valence-electron chi connectivity index (χ0n) is 12.9. The molecule has 0 saturated carbocycles. The van der Waals surface area contributed by atoms with Crippen LogP contribution in [0, 0.1) is 0 Å². The first-order valence-electron chi connectivity index (χ1n) is 7.80. The van der Waals surface area contributed by atoms with Gasteiger partial charge in [-0.15, -0.1) is 11.3 Å². The Balaban J connectivity index is 1.94. The molecule has 1 aromatic rings. The van der Waals surface area contributed by atoms with Gasteiger partial charge in [-0.2, -0.15) is 0 Å². The number of nitrogens with one attached hydrogen (secondary N) is 1. The summed E-state index contributed by atoms with van der Waals surface area (Å²) in [5, 5.41) is 6.80. The molecule has 1 aliphatic heterocycles. The zero-order chi connectivity index (χ0) is 14.4. The van der Waals surface area contributed by atoms with E-state index in [-0.39, 0.29) is 0 Å². The molecule has 1 aromatic heterocycles. The maximum absolute atomic E-state index is 5.74. The normalized spacial score (nSPS) is 20.2. The van der Waals surface area contributed by atoms with Gasteiger partial charge in [-0.25, -0.2) is 4.98 Å². The first kappa shape index (κ1) is 15.7. The number of thiazole rings is 1. The van der Waals surface area contributed by atoms with Gasteiger partial charge in [0.1, 0.15) is 0 Å². The van der Waals surface area contributed by atoms with Gasteiger partial charge in [0.15, 0.2) is 5.13 Å². The van der Waals surface area contributed by atoms with Crippen LogP contribution in [-0.4, -0.2) is 37.3 Å². The van der Waals surface area contributed by atoms with Crippen molar-refractivity contribution in [2.75, 3.05) is 31.1 Å². The molecule has 114 valence electrons. The highest BCUT2D eigenvalue weighted by Crippen LogP contribution is 2.25. The molecule has 5 heteroatoms. The van der Waals surface area contributed by atoms with Crippen molar-refractivity contribution in [3.63, 3.8) is 0 Å². The van der Waals surface area contributed by atoms with Gasteiger partial charge in [0.2, 0.25) is 0 Å². The molecule has 1 aliphatic rings. The van der Waals surface area contributed by atoms with Crippen molar-refractivity contribution in [2.24, 2.45) is 0 Å². The van der Waals surface area contributed by atoms with Crippen LogP contribution in [0.5, 0.6) is 0 Å². The minimum atomic E-state index is 0.335. The van der Waals surface area contributed by atoms with Crippen LogP contribution in [0.1, 0.15) is 51.8 Å².